The van der Waals surface area contributed by atoms with Crippen LogP contribution in [-0.4, -0.2) is 0 Å². The van der Waals surface area contributed by atoms with Gasteiger partial charge < -0.3 is 5.32 Å². The SMILES string of the molecule is Cc1cc(C)c(NCc2ccc(Br)c(Cl)c2)c(C)c1. The van der Waals surface area contributed by atoms with Gasteiger partial charge in [-0.2, -0.15) is 0 Å². The van der Waals surface area contributed by atoms with E-state index in [1.54, 1.807) is 0 Å². The molecular weight excluding hydrogens is 322 g/mol. The van der Waals surface area contributed by atoms with Crippen LogP contribution in [0.2, 0.25) is 5.02 Å². The van der Waals surface area contributed by atoms with E-state index in [2.05, 4.69) is 60.2 Å². The molecule has 0 fully saturated rings. The van der Waals surface area contributed by atoms with E-state index < -0.39 is 0 Å². The summed E-state index contributed by atoms with van der Waals surface area (Å²) in [7, 11) is 0. The molecule has 0 unspecified atom stereocenters. The topological polar surface area (TPSA) is 12.0 Å². The van der Waals surface area contributed by atoms with Gasteiger partial charge in [-0.15, -0.1) is 0 Å². The van der Waals surface area contributed by atoms with Crippen LogP contribution in [0.3, 0.4) is 0 Å². The number of hydrogen-bond acceptors (Lipinski definition) is 1. The molecule has 100 valence electrons. The van der Waals surface area contributed by atoms with Crippen LogP contribution < -0.4 is 5.32 Å². The second-order valence-electron chi connectivity index (χ2n) is 4.88. The smallest absolute Gasteiger partial charge is 0.0551 e. The molecule has 1 nitrogen and oxygen atoms in total. The lowest BCUT2D eigenvalue weighted by molar-refractivity contribution is 1.12. The van der Waals surface area contributed by atoms with Gasteiger partial charge in [0, 0.05) is 16.7 Å². The molecule has 19 heavy (non-hydrogen) atoms. The maximum absolute atomic E-state index is 6.10. The van der Waals surface area contributed by atoms with Gasteiger partial charge in [-0.3, -0.25) is 0 Å². The van der Waals surface area contributed by atoms with Crippen molar-refractivity contribution in [3.8, 4) is 0 Å². The molecule has 2 aromatic carbocycles. The highest BCUT2D eigenvalue weighted by Crippen LogP contribution is 2.25. The van der Waals surface area contributed by atoms with Crippen LogP contribution >= 0.6 is 27.5 Å². The Bertz CT molecular complexity index is 585. The Kier molecular flexibility index (Phi) is 4.54. The third-order valence-corrected chi connectivity index (χ3v) is 4.36. The van der Waals surface area contributed by atoms with E-state index in [1.165, 1.54) is 27.9 Å². The Labute approximate surface area is 128 Å². The molecule has 2 aromatic rings. The second-order valence-corrected chi connectivity index (χ2v) is 6.14. The van der Waals surface area contributed by atoms with Crippen LogP contribution in [0.25, 0.3) is 0 Å². The molecular formula is C16H17BrClN. The number of rotatable bonds is 3. The fourth-order valence-electron chi connectivity index (χ4n) is 2.30. The molecule has 0 aliphatic rings. The van der Waals surface area contributed by atoms with E-state index in [4.69, 9.17) is 11.6 Å². The van der Waals surface area contributed by atoms with Crippen molar-refractivity contribution in [2.45, 2.75) is 27.3 Å². The van der Waals surface area contributed by atoms with E-state index in [1.807, 2.05) is 12.1 Å². The van der Waals surface area contributed by atoms with Crippen LogP contribution in [0.5, 0.6) is 0 Å². The van der Waals surface area contributed by atoms with Gasteiger partial charge in [0.2, 0.25) is 0 Å². The van der Waals surface area contributed by atoms with Crippen LogP contribution in [0.1, 0.15) is 22.3 Å². The maximum atomic E-state index is 6.10. The van der Waals surface area contributed by atoms with Gasteiger partial charge in [-0.25, -0.2) is 0 Å². The molecule has 0 atom stereocenters. The monoisotopic (exact) mass is 337 g/mol. The predicted molar refractivity (Wildman–Crippen MR) is 87.1 cm³/mol. The molecule has 0 radical (unpaired) electrons. The lowest BCUT2D eigenvalue weighted by Crippen LogP contribution is -2.03. The summed E-state index contributed by atoms with van der Waals surface area (Å²) in [5.74, 6) is 0. The molecule has 0 aliphatic carbocycles. The van der Waals surface area contributed by atoms with E-state index in [0.717, 1.165) is 16.0 Å². The molecule has 1 N–H and O–H groups in total. The van der Waals surface area contributed by atoms with Crippen molar-refractivity contribution in [3.05, 3.63) is 62.1 Å². The first kappa shape index (κ1) is 14.4. The summed E-state index contributed by atoms with van der Waals surface area (Å²) < 4.78 is 0.931. The Morgan fingerprint density at radius 1 is 1.05 bits per heavy atom. The van der Waals surface area contributed by atoms with E-state index >= 15 is 0 Å². The van der Waals surface area contributed by atoms with Crippen molar-refractivity contribution in [1.29, 1.82) is 0 Å². The average molecular weight is 339 g/mol. The molecule has 0 saturated heterocycles. The Hall–Kier alpha value is -0.990. The molecule has 0 spiro atoms. The molecule has 0 heterocycles. The quantitative estimate of drug-likeness (QED) is 0.763. The molecule has 0 saturated carbocycles. The first-order valence-electron chi connectivity index (χ1n) is 6.23. The summed E-state index contributed by atoms with van der Waals surface area (Å²) in [4.78, 5) is 0. The minimum Gasteiger partial charge on any atom is -0.381 e. The lowest BCUT2D eigenvalue weighted by Gasteiger charge is -2.14. The molecule has 0 bridgehead atoms. The van der Waals surface area contributed by atoms with Crippen LogP contribution in [0.4, 0.5) is 5.69 Å². The first-order valence-corrected chi connectivity index (χ1v) is 7.40. The molecule has 0 aromatic heterocycles. The average Bonchev–Trinajstić information content (AvgIpc) is 2.32. The van der Waals surface area contributed by atoms with Gasteiger partial charge in [0.05, 0.1) is 5.02 Å². The zero-order valence-electron chi connectivity index (χ0n) is 11.3. The van der Waals surface area contributed by atoms with Crippen LogP contribution in [-0.2, 0) is 6.54 Å². The third kappa shape index (κ3) is 3.52. The van der Waals surface area contributed by atoms with Crippen molar-refractivity contribution in [2.24, 2.45) is 0 Å². The largest absolute Gasteiger partial charge is 0.381 e. The van der Waals surface area contributed by atoms with Gasteiger partial charge in [-0.1, -0.05) is 35.4 Å². The standard InChI is InChI=1S/C16H17BrClN/c1-10-6-11(2)16(12(3)7-10)19-9-13-4-5-14(17)15(18)8-13/h4-8,19H,9H2,1-3H3. The van der Waals surface area contributed by atoms with Crippen molar-refractivity contribution in [3.63, 3.8) is 0 Å². The molecule has 0 amide bonds. The summed E-state index contributed by atoms with van der Waals surface area (Å²) >= 11 is 9.51. The minimum atomic E-state index is 0.747. The van der Waals surface area contributed by atoms with Gasteiger partial charge in [-0.05, 0) is 65.5 Å². The predicted octanol–water partition coefficient (Wildman–Crippen LogP) is 5.64. The Balaban J connectivity index is 2.16. The maximum Gasteiger partial charge on any atom is 0.0551 e. The normalized spacial score (nSPS) is 10.6. The summed E-state index contributed by atoms with van der Waals surface area (Å²) in [6.45, 7) is 7.17. The minimum absolute atomic E-state index is 0.747. The van der Waals surface area contributed by atoms with Crippen molar-refractivity contribution < 1.29 is 0 Å². The summed E-state index contributed by atoms with van der Waals surface area (Å²) in [6.07, 6.45) is 0. The van der Waals surface area contributed by atoms with Gasteiger partial charge in [0.25, 0.3) is 0 Å². The fourth-order valence-corrected chi connectivity index (χ4v) is 2.75. The highest BCUT2D eigenvalue weighted by atomic mass is 79.9. The molecule has 2 rings (SSSR count). The zero-order valence-corrected chi connectivity index (χ0v) is 13.7. The van der Waals surface area contributed by atoms with Crippen LogP contribution in [0.15, 0.2) is 34.8 Å². The van der Waals surface area contributed by atoms with Crippen molar-refractivity contribution in [2.75, 3.05) is 5.32 Å². The summed E-state index contributed by atoms with van der Waals surface area (Å²) in [5, 5.41) is 4.24. The van der Waals surface area contributed by atoms with Gasteiger partial charge in [0.15, 0.2) is 0 Å². The first-order chi connectivity index (χ1) is 8.97. The van der Waals surface area contributed by atoms with Crippen molar-refractivity contribution >= 4 is 33.2 Å². The highest BCUT2D eigenvalue weighted by molar-refractivity contribution is 9.10. The second kappa shape index (κ2) is 5.98. The zero-order chi connectivity index (χ0) is 14.0. The van der Waals surface area contributed by atoms with E-state index in [0.29, 0.717) is 0 Å². The lowest BCUT2D eigenvalue weighted by atomic mass is 10.0. The number of aryl methyl sites for hydroxylation is 3. The number of benzene rings is 2. The Morgan fingerprint density at radius 3 is 2.26 bits per heavy atom. The highest BCUT2D eigenvalue weighted by Gasteiger charge is 2.04. The van der Waals surface area contributed by atoms with Crippen molar-refractivity contribution in [1.82, 2.24) is 0 Å². The number of hydrogen-bond donors (Lipinski definition) is 1. The van der Waals surface area contributed by atoms with Crippen LogP contribution in [0, 0.1) is 20.8 Å². The summed E-state index contributed by atoms with van der Waals surface area (Å²) in [5.41, 5.74) is 6.24. The molecule has 3 heteroatoms. The van der Waals surface area contributed by atoms with Gasteiger partial charge >= 0.3 is 0 Å². The van der Waals surface area contributed by atoms with E-state index in [-0.39, 0.29) is 0 Å². The number of halogens is 2. The van der Waals surface area contributed by atoms with E-state index in [9.17, 15) is 0 Å². The Morgan fingerprint density at radius 2 is 1.68 bits per heavy atom. The number of nitrogens with one attached hydrogen (secondary N) is 1. The fraction of sp³-hybridized carbons (Fsp3) is 0.250. The third-order valence-electron chi connectivity index (χ3n) is 3.13. The summed E-state index contributed by atoms with van der Waals surface area (Å²) in [6, 6.07) is 10.4. The molecule has 0 aliphatic heterocycles. The number of anilines is 1. The van der Waals surface area contributed by atoms with Gasteiger partial charge in [0.1, 0.15) is 0 Å².